The van der Waals surface area contributed by atoms with E-state index in [9.17, 15) is 9.90 Å². The molecule has 1 aliphatic rings. The number of ether oxygens (including phenoxy) is 1. The molecular formula is C20H21NO3. The Morgan fingerprint density at radius 2 is 2.04 bits per heavy atom. The molecule has 4 nitrogen and oxygen atoms in total. The summed E-state index contributed by atoms with van der Waals surface area (Å²) >= 11 is 0. The lowest BCUT2D eigenvalue weighted by Gasteiger charge is -2.34. The molecule has 1 unspecified atom stereocenters. The molecule has 3 rings (SSSR count). The van der Waals surface area contributed by atoms with Crippen LogP contribution in [0, 0.1) is 6.92 Å². The zero-order valence-corrected chi connectivity index (χ0v) is 14.0. The van der Waals surface area contributed by atoms with E-state index in [4.69, 9.17) is 4.74 Å². The lowest BCUT2D eigenvalue weighted by molar-refractivity contribution is -0.126. The number of carbonyl (C=O) groups excluding carboxylic acids is 1. The summed E-state index contributed by atoms with van der Waals surface area (Å²) in [5, 5.41) is 9.74. The van der Waals surface area contributed by atoms with Gasteiger partial charge >= 0.3 is 0 Å². The van der Waals surface area contributed by atoms with Gasteiger partial charge in [0.1, 0.15) is 11.5 Å². The highest BCUT2D eigenvalue weighted by Crippen LogP contribution is 2.37. The van der Waals surface area contributed by atoms with Crippen molar-refractivity contribution in [2.24, 2.45) is 0 Å². The summed E-state index contributed by atoms with van der Waals surface area (Å²) in [7, 11) is 0. The highest BCUT2D eigenvalue weighted by molar-refractivity contribution is 6.00. The van der Waals surface area contributed by atoms with Crippen molar-refractivity contribution >= 4 is 11.6 Å². The minimum absolute atomic E-state index is 0.0838. The summed E-state index contributed by atoms with van der Waals surface area (Å²) in [6.07, 6.45) is -0.118. The maximum atomic E-state index is 12.9. The molecule has 0 saturated carbocycles. The van der Waals surface area contributed by atoms with Crippen LogP contribution in [0.15, 0.2) is 54.6 Å². The third-order valence-corrected chi connectivity index (χ3v) is 4.14. The fourth-order valence-corrected chi connectivity index (χ4v) is 2.92. The zero-order chi connectivity index (χ0) is 17.3. The van der Waals surface area contributed by atoms with Crippen LogP contribution in [-0.2, 0) is 11.2 Å². The van der Waals surface area contributed by atoms with Crippen molar-refractivity contribution in [1.82, 2.24) is 0 Å². The smallest absolute Gasteiger partial charge is 0.268 e. The fourth-order valence-electron chi connectivity index (χ4n) is 2.92. The van der Waals surface area contributed by atoms with Crippen molar-refractivity contribution in [1.29, 1.82) is 0 Å². The first-order valence-corrected chi connectivity index (χ1v) is 7.95. The molecule has 124 valence electrons. The van der Waals surface area contributed by atoms with Crippen molar-refractivity contribution in [2.45, 2.75) is 26.4 Å². The number of anilines is 1. The number of benzene rings is 2. The van der Waals surface area contributed by atoms with E-state index in [1.165, 1.54) is 0 Å². The van der Waals surface area contributed by atoms with E-state index in [1.54, 1.807) is 23.1 Å². The number of hydrogen-bond acceptors (Lipinski definition) is 3. The molecule has 1 heterocycles. The number of hydrogen-bond donors (Lipinski definition) is 1. The second-order valence-corrected chi connectivity index (χ2v) is 6.27. The Labute approximate surface area is 142 Å². The van der Waals surface area contributed by atoms with Gasteiger partial charge in [0.05, 0.1) is 5.69 Å². The van der Waals surface area contributed by atoms with Crippen LogP contribution in [0.4, 0.5) is 5.69 Å². The van der Waals surface area contributed by atoms with E-state index in [-0.39, 0.29) is 11.7 Å². The molecule has 1 amide bonds. The molecule has 0 bridgehead atoms. The van der Waals surface area contributed by atoms with Gasteiger partial charge < -0.3 is 14.7 Å². The van der Waals surface area contributed by atoms with Gasteiger partial charge in [-0.05, 0) is 37.1 Å². The number of phenolic OH excluding ortho intramolecular Hbond substituents is 1. The van der Waals surface area contributed by atoms with Crippen molar-refractivity contribution in [3.05, 3.63) is 65.7 Å². The van der Waals surface area contributed by atoms with Gasteiger partial charge in [0.25, 0.3) is 5.91 Å². The van der Waals surface area contributed by atoms with Crippen LogP contribution in [0.1, 0.15) is 18.1 Å². The summed E-state index contributed by atoms with van der Waals surface area (Å²) < 4.78 is 5.91. The average molecular weight is 323 g/mol. The first-order chi connectivity index (χ1) is 11.5. The van der Waals surface area contributed by atoms with E-state index in [0.29, 0.717) is 24.4 Å². The predicted octanol–water partition coefficient (Wildman–Crippen LogP) is 3.61. The van der Waals surface area contributed by atoms with Gasteiger partial charge in [-0.1, -0.05) is 36.4 Å². The largest absolute Gasteiger partial charge is 0.508 e. The molecule has 24 heavy (non-hydrogen) atoms. The molecule has 4 heteroatoms. The highest BCUT2D eigenvalue weighted by atomic mass is 16.5. The van der Waals surface area contributed by atoms with Crippen LogP contribution in [0.2, 0.25) is 0 Å². The lowest BCUT2D eigenvalue weighted by atomic mass is 10.0. The van der Waals surface area contributed by atoms with Crippen molar-refractivity contribution in [3.8, 4) is 11.5 Å². The first-order valence-electron chi connectivity index (χ1n) is 7.95. The quantitative estimate of drug-likeness (QED) is 0.875. The molecule has 1 atom stereocenters. The van der Waals surface area contributed by atoms with Gasteiger partial charge in [-0.3, -0.25) is 4.79 Å². The van der Waals surface area contributed by atoms with Gasteiger partial charge in [0.2, 0.25) is 0 Å². The summed E-state index contributed by atoms with van der Waals surface area (Å²) in [5.74, 6) is 0.557. The third kappa shape index (κ3) is 3.13. The minimum atomic E-state index is -0.611. The summed E-state index contributed by atoms with van der Waals surface area (Å²) in [6.45, 7) is 8.26. The fraction of sp³-hybridized carbons (Fsp3) is 0.250. The van der Waals surface area contributed by atoms with Gasteiger partial charge in [0.15, 0.2) is 6.10 Å². The van der Waals surface area contributed by atoms with Crippen LogP contribution in [0.3, 0.4) is 0 Å². The number of amides is 1. The van der Waals surface area contributed by atoms with Crippen molar-refractivity contribution < 1.29 is 14.6 Å². The Balaban J connectivity index is 1.96. The summed E-state index contributed by atoms with van der Waals surface area (Å²) in [6, 6.07) is 12.8. The van der Waals surface area contributed by atoms with E-state index in [0.717, 1.165) is 16.7 Å². The Bertz CT molecular complexity index is 797. The number of nitrogens with zero attached hydrogens (tertiary/aromatic N) is 1. The number of aryl methyl sites for hydroxylation is 1. The molecule has 2 aromatic carbocycles. The number of carbonyl (C=O) groups is 1. The molecule has 2 aromatic rings. The maximum Gasteiger partial charge on any atom is 0.268 e. The Morgan fingerprint density at radius 1 is 1.29 bits per heavy atom. The van der Waals surface area contributed by atoms with E-state index < -0.39 is 6.10 Å². The molecule has 0 radical (unpaired) electrons. The average Bonchev–Trinajstić information content (AvgIpc) is 2.53. The van der Waals surface area contributed by atoms with Crippen molar-refractivity contribution in [3.63, 3.8) is 0 Å². The second-order valence-electron chi connectivity index (χ2n) is 6.27. The second kappa shape index (κ2) is 6.40. The molecule has 0 aromatic heterocycles. The van der Waals surface area contributed by atoms with Crippen molar-refractivity contribution in [2.75, 3.05) is 11.4 Å². The molecule has 0 aliphatic carbocycles. The van der Waals surface area contributed by atoms with Crippen LogP contribution in [0.5, 0.6) is 11.5 Å². The molecule has 0 fully saturated rings. The first kappa shape index (κ1) is 16.1. The minimum Gasteiger partial charge on any atom is -0.508 e. The van der Waals surface area contributed by atoms with E-state index in [1.807, 2.05) is 38.1 Å². The monoisotopic (exact) mass is 323 g/mol. The van der Waals surface area contributed by atoms with Gasteiger partial charge in [0, 0.05) is 19.0 Å². The summed E-state index contributed by atoms with van der Waals surface area (Å²) in [5.41, 5.74) is 3.76. The zero-order valence-electron chi connectivity index (χ0n) is 14.0. The van der Waals surface area contributed by atoms with Gasteiger partial charge in [-0.15, -0.1) is 0 Å². The third-order valence-electron chi connectivity index (χ3n) is 4.14. The van der Waals surface area contributed by atoms with E-state index >= 15 is 0 Å². The standard InChI is InChI=1S/C20H21NO3/c1-13(2)12-21-17-9-8-16(22)11-18(17)24-19(20(21)23)10-15-7-5-4-6-14(15)3/h4-9,11,19,22H,1,10,12H2,2-3H3. The van der Waals surface area contributed by atoms with Crippen LogP contribution >= 0.6 is 0 Å². The molecule has 1 N–H and O–H groups in total. The van der Waals surface area contributed by atoms with Crippen LogP contribution in [-0.4, -0.2) is 23.7 Å². The van der Waals surface area contributed by atoms with E-state index in [2.05, 4.69) is 6.58 Å². The molecule has 0 saturated heterocycles. The Hall–Kier alpha value is -2.75. The van der Waals surface area contributed by atoms with Crippen LogP contribution in [0.25, 0.3) is 0 Å². The van der Waals surface area contributed by atoms with Crippen LogP contribution < -0.4 is 9.64 Å². The lowest BCUT2D eigenvalue weighted by Crippen LogP contribution is -2.47. The predicted molar refractivity (Wildman–Crippen MR) is 94.6 cm³/mol. The molecule has 0 spiro atoms. The topological polar surface area (TPSA) is 49.8 Å². The number of fused-ring (bicyclic) bond motifs is 1. The molecule has 1 aliphatic heterocycles. The summed E-state index contributed by atoms with van der Waals surface area (Å²) in [4.78, 5) is 14.6. The Kier molecular flexibility index (Phi) is 4.30. The Morgan fingerprint density at radius 3 is 2.75 bits per heavy atom. The number of phenols is 1. The molecular weight excluding hydrogens is 302 g/mol. The van der Waals surface area contributed by atoms with Gasteiger partial charge in [-0.2, -0.15) is 0 Å². The normalized spacial score (nSPS) is 16.5. The SMILES string of the molecule is C=C(C)CN1C(=O)C(Cc2ccccc2C)Oc2cc(O)ccc21. The number of rotatable bonds is 4. The van der Waals surface area contributed by atoms with Gasteiger partial charge in [-0.25, -0.2) is 0 Å². The number of aromatic hydroxyl groups is 1. The maximum absolute atomic E-state index is 12.9. The highest BCUT2D eigenvalue weighted by Gasteiger charge is 2.34.